The van der Waals surface area contributed by atoms with Crippen molar-refractivity contribution in [1.29, 1.82) is 0 Å². The van der Waals surface area contributed by atoms with Gasteiger partial charge in [0.1, 0.15) is 0 Å². The van der Waals surface area contributed by atoms with Crippen molar-refractivity contribution in [2.45, 2.75) is 31.0 Å². The largest absolute Gasteiger partial charge is 0.146 e. The normalized spacial score (nSPS) is 16.0. The zero-order valence-electron chi connectivity index (χ0n) is 11.1. The van der Waals surface area contributed by atoms with Crippen molar-refractivity contribution in [2.24, 2.45) is 5.92 Å². The Hall–Kier alpha value is -0.120. The van der Waals surface area contributed by atoms with Crippen LogP contribution in [0.2, 0.25) is 0 Å². The van der Waals surface area contributed by atoms with Gasteiger partial charge in [-0.05, 0) is 38.9 Å². The van der Waals surface area contributed by atoms with Crippen molar-refractivity contribution in [1.82, 2.24) is 0 Å². The lowest BCUT2D eigenvalue weighted by molar-refractivity contribution is 0.442. The van der Waals surface area contributed by atoms with Gasteiger partial charge < -0.3 is 0 Å². The van der Waals surface area contributed by atoms with Crippen LogP contribution < -0.4 is 0 Å². The zero-order valence-corrected chi connectivity index (χ0v) is 15.1. The summed E-state index contributed by atoms with van der Waals surface area (Å²) in [6.07, 6.45) is 1.19. The second-order valence-electron chi connectivity index (χ2n) is 4.86. The molecule has 0 radical (unpaired) electrons. The van der Waals surface area contributed by atoms with Crippen molar-refractivity contribution in [3.8, 4) is 0 Å². The maximum absolute atomic E-state index is 3.94. The molecular formula is C16H18Br2S. The standard InChI is InChI=1S/C16H18Br2S/c1-3-11(2)14(12-7-5-4-6-8-12)15(18)16-13(17)9-10-19-16/h4-11,14-15H,3H2,1-2H3. The minimum Gasteiger partial charge on any atom is -0.146 e. The Morgan fingerprint density at radius 2 is 1.84 bits per heavy atom. The number of alkyl halides is 1. The van der Waals surface area contributed by atoms with E-state index in [0.717, 1.165) is 0 Å². The van der Waals surface area contributed by atoms with Crippen LogP contribution in [-0.2, 0) is 0 Å². The number of benzene rings is 1. The first-order valence-electron chi connectivity index (χ1n) is 6.57. The van der Waals surface area contributed by atoms with Crippen LogP contribution in [0.3, 0.4) is 0 Å². The highest BCUT2D eigenvalue weighted by Gasteiger charge is 2.28. The Kier molecular flexibility index (Phi) is 5.67. The highest BCUT2D eigenvalue weighted by molar-refractivity contribution is 9.11. The van der Waals surface area contributed by atoms with Crippen molar-refractivity contribution in [3.05, 3.63) is 56.7 Å². The molecule has 3 unspecified atom stereocenters. The van der Waals surface area contributed by atoms with E-state index in [1.165, 1.54) is 21.3 Å². The summed E-state index contributed by atoms with van der Waals surface area (Å²) in [5.41, 5.74) is 1.42. The molecule has 0 spiro atoms. The fourth-order valence-electron chi connectivity index (χ4n) is 2.38. The number of halogens is 2. The van der Waals surface area contributed by atoms with Gasteiger partial charge in [-0.15, -0.1) is 11.3 Å². The van der Waals surface area contributed by atoms with Crippen LogP contribution in [0, 0.1) is 5.92 Å². The molecule has 0 saturated heterocycles. The predicted molar refractivity (Wildman–Crippen MR) is 92.3 cm³/mol. The van der Waals surface area contributed by atoms with Gasteiger partial charge in [-0.3, -0.25) is 0 Å². The highest BCUT2D eigenvalue weighted by atomic mass is 79.9. The third kappa shape index (κ3) is 3.50. The lowest BCUT2D eigenvalue weighted by Gasteiger charge is -2.28. The molecule has 2 rings (SSSR count). The average Bonchev–Trinajstić information content (AvgIpc) is 2.86. The second kappa shape index (κ2) is 7.05. The molecule has 102 valence electrons. The molecule has 0 saturated carbocycles. The summed E-state index contributed by atoms with van der Waals surface area (Å²) < 4.78 is 1.21. The molecule has 1 aromatic heterocycles. The van der Waals surface area contributed by atoms with Gasteiger partial charge in [0, 0.05) is 15.3 Å². The topological polar surface area (TPSA) is 0 Å². The molecule has 0 aliphatic heterocycles. The van der Waals surface area contributed by atoms with E-state index in [0.29, 0.717) is 16.7 Å². The molecule has 3 atom stereocenters. The molecule has 0 amide bonds. The molecule has 0 bridgehead atoms. The summed E-state index contributed by atoms with van der Waals surface area (Å²) in [7, 11) is 0. The van der Waals surface area contributed by atoms with E-state index in [-0.39, 0.29) is 0 Å². The quantitative estimate of drug-likeness (QED) is 0.484. The summed E-state index contributed by atoms with van der Waals surface area (Å²) >= 11 is 9.41. The van der Waals surface area contributed by atoms with E-state index >= 15 is 0 Å². The van der Waals surface area contributed by atoms with Crippen LogP contribution in [-0.4, -0.2) is 0 Å². The van der Waals surface area contributed by atoms with Gasteiger partial charge in [0.2, 0.25) is 0 Å². The summed E-state index contributed by atoms with van der Waals surface area (Å²) in [6, 6.07) is 13.0. The summed E-state index contributed by atoms with van der Waals surface area (Å²) in [4.78, 5) is 1.74. The predicted octanol–water partition coefficient (Wildman–Crippen LogP) is 6.78. The third-order valence-corrected chi connectivity index (χ3v) is 6.94. The van der Waals surface area contributed by atoms with E-state index in [1.54, 1.807) is 0 Å². The van der Waals surface area contributed by atoms with E-state index < -0.39 is 0 Å². The maximum Gasteiger partial charge on any atom is 0.0571 e. The molecule has 1 aromatic carbocycles. The second-order valence-corrected chi connectivity index (χ2v) is 7.65. The molecular weight excluding hydrogens is 384 g/mol. The molecule has 0 fully saturated rings. The monoisotopic (exact) mass is 400 g/mol. The van der Waals surface area contributed by atoms with Gasteiger partial charge >= 0.3 is 0 Å². The molecule has 1 heterocycles. The van der Waals surface area contributed by atoms with Gasteiger partial charge in [-0.1, -0.05) is 66.5 Å². The molecule has 0 N–H and O–H groups in total. The van der Waals surface area contributed by atoms with Crippen LogP contribution in [0.4, 0.5) is 0 Å². The minimum atomic E-state index is 0.360. The number of hydrogen-bond donors (Lipinski definition) is 0. The number of rotatable bonds is 5. The van der Waals surface area contributed by atoms with E-state index in [4.69, 9.17) is 0 Å². The van der Waals surface area contributed by atoms with Crippen LogP contribution >= 0.6 is 43.2 Å². The highest BCUT2D eigenvalue weighted by Crippen LogP contribution is 2.47. The molecule has 0 nitrogen and oxygen atoms in total. The third-order valence-electron chi connectivity index (χ3n) is 3.65. The van der Waals surface area contributed by atoms with E-state index in [2.05, 4.69) is 87.5 Å². The van der Waals surface area contributed by atoms with E-state index in [1.807, 2.05) is 11.3 Å². The van der Waals surface area contributed by atoms with Crippen molar-refractivity contribution >= 4 is 43.2 Å². The fourth-order valence-corrected chi connectivity index (χ4v) is 5.73. The lowest BCUT2D eigenvalue weighted by atomic mass is 9.83. The maximum atomic E-state index is 3.94. The van der Waals surface area contributed by atoms with Crippen LogP contribution in [0.1, 0.15) is 41.5 Å². The Bertz CT molecular complexity index is 506. The summed E-state index contributed by atoms with van der Waals surface area (Å²) in [5.74, 6) is 1.14. The fraction of sp³-hybridized carbons (Fsp3) is 0.375. The smallest absolute Gasteiger partial charge is 0.0571 e. The minimum absolute atomic E-state index is 0.360. The summed E-state index contributed by atoms with van der Waals surface area (Å²) in [6.45, 7) is 4.61. The van der Waals surface area contributed by atoms with Crippen molar-refractivity contribution in [2.75, 3.05) is 0 Å². The van der Waals surface area contributed by atoms with Crippen LogP contribution in [0.5, 0.6) is 0 Å². The Labute approximate surface area is 136 Å². The molecule has 2 aromatic rings. The average molecular weight is 402 g/mol. The molecule has 0 aliphatic rings. The zero-order chi connectivity index (χ0) is 13.8. The number of thiophene rings is 1. The first-order chi connectivity index (χ1) is 9.15. The summed E-state index contributed by atoms with van der Waals surface area (Å²) in [5, 5.41) is 2.15. The van der Waals surface area contributed by atoms with Gasteiger partial charge in [0.25, 0.3) is 0 Å². The Morgan fingerprint density at radius 3 is 2.37 bits per heavy atom. The molecule has 0 aliphatic carbocycles. The van der Waals surface area contributed by atoms with Crippen molar-refractivity contribution in [3.63, 3.8) is 0 Å². The van der Waals surface area contributed by atoms with Gasteiger partial charge in [-0.2, -0.15) is 0 Å². The van der Waals surface area contributed by atoms with Crippen molar-refractivity contribution < 1.29 is 0 Å². The number of hydrogen-bond acceptors (Lipinski definition) is 1. The van der Waals surface area contributed by atoms with E-state index in [9.17, 15) is 0 Å². The first-order valence-corrected chi connectivity index (χ1v) is 9.15. The lowest BCUT2D eigenvalue weighted by Crippen LogP contribution is -2.14. The SMILES string of the molecule is CCC(C)C(c1ccccc1)C(Br)c1sccc1Br. The Morgan fingerprint density at radius 1 is 1.16 bits per heavy atom. The van der Waals surface area contributed by atoms with Gasteiger partial charge in [0.15, 0.2) is 0 Å². The van der Waals surface area contributed by atoms with Crippen LogP contribution in [0.15, 0.2) is 46.3 Å². The first kappa shape index (κ1) is 15.3. The Balaban J connectivity index is 2.36. The van der Waals surface area contributed by atoms with Gasteiger partial charge in [-0.25, -0.2) is 0 Å². The van der Waals surface area contributed by atoms with Gasteiger partial charge in [0.05, 0.1) is 4.83 Å². The van der Waals surface area contributed by atoms with Crippen LogP contribution in [0.25, 0.3) is 0 Å². The molecule has 19 heavy (non-hydrogen) atoms. The molecule has 3 heteroatoms.